The van der Waals surface area contributed by atoms with Crippen LogP contribution >= 0.6 is 15.9 Å². The Kier molecular flexibility index (Phi) is 5.08. The highest BCUT2D eigenvalue weighted by Gasteiger charge is 2.40. The van der Waals surface area contributed by atoms with Crippen LogP contribution in [-0.4, -0.2) is 29.8 Å². The van der Waals surface area contributed by atoms with Crippen molar-refractivity contribution in [2.75, 3.05) is 13.1 Å². The molecule has 2 amide bonds. The Balaban J connectivity index is 1.36. The van der Waals surface area contributed by atoms with Crippen molar-refractivity contribution >= 4 is 27.7 Å². The third kappa shape index (κ3) is 3.81. The third-order valence-electron chi connectivity index (χ3n) is 5.86. The Labute approximate surface area is 167 Å². The molecule has 0 spiro atoms. The van der Waals surface area contributed by atoms with Crippen LogP contribution in [0.25, 0.3) is 0 Å². The molecule has 1 N–H and O–H groups in total. The van der Waals surface area contributed by atoms with E-state index in [0.29, 0.717) is 19.6 Å². The molecule has 2 fully saturated rings. The van der Waals surface area contributed by atoms with Gasteiger partial charge in [-0.25, -0.2) is 0 Å². The lowest BCUT2D eigenvalue weighted by molar-refractivity contribution is -0.129. The van der Waals surface area contributed by atoms with Gasteiger partial charge < -0.3 is 14.6 Å². The quantitative estimate of drug-likeness (QED) is 0.760. The van der Waals surface area contributed by atoms with Crippen molar-refractivity contribution in [3.05, 3.63) is 58.5 Å². The average Bonchev–Trinajstić information content (AvgIpc) is 3.25. The van der Waals surface area contributed by atoms with Gasteiger partial charge in [-0.2, -0.15) is 0 Å². The molecule has 1 aromatic heterocycles. The van der Waals surface area contributed by atoms with E-state index in [9.17, 15) is 9.59 Å². The maximum Gasteiger partial charge on any atom is 0.225 e. The van der Waals surface area contributed by atoms with E-state index in [1.807, 2.05) is 18.2 Å². The molecule has 1 aliphatic heterocycles. The Morgan fingerprint density at radius 1 is 1.30 bits per heavy atom. The zero-order valence-electron chi connectivity index (χ0n) is 15.1. The second-order valence-corrected chi connectivity index (χ2v) is 8.53. The number of benzene rings is 1. The molecule has 1 saturated heterocycles. The topological polar surface area (TPSA) is 62.6 Å². The van der Waals surface area contributed by atoms with Gasteiger partial charge in [0.25, 0.3) is 0 Å². The van der Waals surface area contributed by atoms with Gasteiger partial charge >= 0.3 is 0 Å². The highest BCUT2D eigenvalue weighted by Crippen LogP contribution is 2.43. The van der Waals surface area contributed by atoms with E-state index < -0.39 is 0 Å². The molecule has 1 unspecified atom stereocenters. The lowest BCUT2D eigenvalue weighted by Gasteiger charge is -2.43. The van der Waals surface area contributed by atoms with Crippen LogP contribution in [0.5, 0.6) is 0 Å². The van der Waals surface area contributed by atoms with Crippen molar-refractivity contribution in [2.24, 2.45) is 5.92 Å². The van der Waals surface area contributed by atoms with Gasteiger partial charge in [0.1, 0.15) is 5.76 Å². The molecule has 1 aliphatic carbocycles. The fourth-order valence-electron chi connectivity index (χ4n) is 4.08. The second kappa shape index (κ2) is 7.50. The molecule has 1 atom stereocenters. The van der Waals surface area contributed by atoms with Gasteiger partial charge in [-0.3, -0.25) is 9.59 Å². The molecule has 0 radical (unpaired) electrons. The minimum Gasteiger partial charge on any atom is -0.467 e. The molecule has 1 aromatic carbocycles. The lowest BCUT2D eigenvalue weighted by Crippen LogP contribution is -2.47. The summed E-state index contributed by atoms with van der Waals surface area (Å²) in [6.07, 6.45) is 5.22. The molecule has 6 heteroatoms. The highest BCUT2D eigenvalue weighted by molar-refractivity contribution is 9.10. The standard InChI is InChI=1S/C21H23BrN2O3/c22-17-5-1-4-16(11-17)21(7-3-8-21)14-23-20(26)15-10-19(25)24(12-15)13-18-6-2-9-27-18/h1-2,4-6,9,11,15H,3,7-8,10,12-14H2,(H,23,26). The summed E-state index contributed by atoms with van der Waals surface area (Å²) < 4.78 is 6.38. The van der Waals surface area contributed by atoms with Gasteiger partial charge in [0.15, 0.2) is 0 Å². The SMILES string of the molecule is O=C(NCC1(c2cccc(Br)c2)CCC1)C1CC(=O)N(Cc2ccco2)C1. The van der Waals surface area contributed by atoms with Crippen LogP contribution in [-0.2, 0) is 21.5 Å². The Morgan fingerprint density at radius 2 is 2.15 bits per heavy atom. The molecule has 27 heavy (non-hydrogen) atoms. The first-order valence-corrected chi connectivity index (χ1v) is 10.2. The zero-order valence-corrected chi connectivity index (χ0v) is 16.7. The number of hydrogen-bond acceptors (Lipinski definition) is 3. The summed E-state index contributed by atoms with van der Waals surface area (Å²) in [5.41, 5.74) is 1.29. The zero-order chi connectivity index (χ0) is 18.9. The predicted molar refractivity (Wildman–Crippen MR) is 105 cm³/mol. The van der Waals surface area contributed by atoms with E-state index in [4.69, 9.17) is 4.42 Å². The summed E-state index contributed by atoms with van der Waals surface area (Å²) in [4.78, 5) is 26.6. The number of carbonyl (C=O) groups excluding carboxylic acids is 2. The Morgan fingerprint density at radius 3 is 2.81 bits per heavy atom. The van der Waals surface area contributed by atoms with Crippen LogP contribution in [0.2, 0.25) is 0 Å². The van der Waals surface area contributed by atoms with Gasteiger partial charge in [0.2, 0.25) is 11.8 Å². The summed E-state index contributed by atoms with van der Waals surface area (Å²) >= 11 is 3.54. The molecule has 2 heterocycles. The maximum absolute atomic E-state index is 12.7. The minimum absolute atomic E-state index is 0.0110. The number of carbonyl (C=O) groups is 2. The van der Waals surface area contributed by atoms with Gasteiger partial charge in [0, 0.05) is 29.4 Å². The van der Waals surface area contributed by atoms with Gasteiger partial charge in [-0.05, 0) is 42.7 Å². The molecule has 4 rings (SSSR count). The van der Waals surface area contributed by atoms with Crippen molar-refractivity contribution < 1.29 is 14.0 Å². The molecular formula is C21H23BrN2O3. The fraction of sp³-hybridized carbons (Fsp3) is 0.429. The van der Waals surface area contributed by atoms with Crippen molar-refractivity contribution in [3.63, 3.8) is 0 Å². The highest BCUT2D eigenvalue weighted by atomic mass is 79.9. The fourth-order valence-corrected chi connectivity index (χ4v) is 4.48. The van der Waals surface area contributed by atoms with Gasteiger partial charge in [0.05, 0.1) is 18.7 Å². The molecular weight excluding hydrogens is 408 g/mol. The Bertz CT molecular complexity index is 830. The van der Waals surface area contributed by atoms with Crippen molar-refractivity contribution in [1.29, 1.82) is 0 Å². The Hall–Kier alpha value is -2.08. The van der Waals surface area contributed by atoms with Gasteiger partial charge in [-0.15, -0.1) is 0 Å². The van der Waals surface area contributed by atoms with Gasteiger partial charge in [-0.1, -0.05) is 34.5 Å². The third-order valence-corrected chi connectivity index (χ3v) is 6.35. The maximum atomic E-state index is 12.7. The van der Waals surface area contributed by atoms with E-state index in [1.165, 1.54) is 12.0 Å². The number of hydrogen-bond donors (Lipinski definition) is 1. The minimum atomic E-state index is -0.285. The van der Waals surface area contributed by atoms with E-state index in [2.05, 4.69) is 33.4 Å². The first-order chi connectivity index (χ1) is 13.1. The van der Waals surface area contributed by atoms with Crippen LogP contribution in [0.15, 0.2) is 51.6 Å². The number of halogens is 1. The summed E-state index contributed by atoms with van der Waals surface area (Å²) in [6.45, 7) is 1.51. The number of likely N-dealkylation sites (tertiary alicyclic amines) is 1. The van der Waals surface area contributed by atoms with Crippen LogP contribution in [0.4, 0.5) is 0 Å². The molecule has 2 aliphatic rings. The van der Waals surface area contributed by atoms with E-state index in [-0.39, 0.29) is 29.6 Å². The molecule has 1 saturated carbocycles. The average molecular weight is 431 g/mol. The summed E-state index contributed by atoms with van der Waals surface area (Å²) in [6, 6.07) is 12.0. The van der Waals surface area contributed by atoms with Crippen molar-refractivity contribution in [3.8, 4) is 0 Å². The first kappa shape index (κ1) is 18.3. The van der Waals surface area contributed by atoms with E-state index in [1.54, 1.807) is 17.2 Å². The lowest BCUT2D eigenvalue weighted by atomic mass is 9.64. The summed E-state index contributed by atoms with van der Waals surface area (Å²) in [5.74, 6) is 0.447. The smallest absolute Gasteiger partial charge is 0.225 e. The van der Waals surface area contributed by atoms with Crippen LogP contribution in [0, 0.1) is 5.92 Å². The second-order valence-electron chi connectivity index (χ2n) is 7.62. The number of nitrogens with one attached hydrogen (secondary N) is 1. The van der Waals surface area contributed by atoms with E-state index in [0.717, 1.165) is 23.1 Å². The largest absolute Gasteiger partial charge is 0.467 e. The molecule has 5 nitrogen and oxygen atoms in total. The molecule has 2 aromatic rings. The van der Waals surface area contributed by atoms with Crippen LogP contribution < -0.4 is 5.32 Å². The summed E-state index contributed by atoms with van der Waals surface area (Å²) in [7, 11) is 0. The monoisotopic (exact) mass is 430 g/mol. The van der Waals surface area contributed by atoms with Crippen molar-refractivity contribution in [1.82, 2.24) is 10.2 Å². The predicted octanol–water partition coefficient (Wildman–Crippen LogP) is 3.63. The number of nitrogens with zero attached hydrogens (tertiary/aromatic N) is 1. The molecule has 0 bridgehead atoms. The number of furan rings is 1. The first-order valence-electron chi connectivity index (χ1n) is 9.40. The van der Waals surface area contributed by atoms with Crippen LogP contribution in [0.1, 0.15) is 37.0 Å². The van der Waals surface area contributed by atoms with Crippen LogP contribution in [0.3, 0.4) is 0 Å². The normalized spacial score (nSPS) is 21.1. The number of amides is 2. The van der Waals surface area contributed by atoms with Crippen molar-refractivity contribution in [2.45, 2.75) is 37.6 Å². The molecule has 142 valence electrons. The summed E-state index contributed by atoms with van der Waals surface area (Å²) in [5, 5.41) is 3.13. The van der Waals surface area contributed by atoms with E-state index >= 15 is 0 Å². The number of rotatable bonds is 6.